The van der Waals surface area contributed by atoms with E-state index in [9.17, 15) is 0 Å². The average Bonchev–Trinajstić information content (AvgIpc) is 2.45. The van der Waals surface area contributed by atoms with Crippen molar-refractivity contribution in [3.8, 4) is 0 Å². The van der Waals surface area contributed by atoms with Crippen LogP contribution in [0.25, 0.3) is 0 Å². The molecule has 1 aromatic rings. The number of nitrogens with two attached hydrogens (primary N) is 1. The second kappa shape index (κ2) is 6.40. The fraction of sp³-hybridized carbons (Fsp3) is 0.667. The maximum absolute atomic E-state index is 5.47. The summed E-state index contributed by atoms with van der Waals surface area (Å²) in [6.07, 6.45) is 4.40. The van der Waals surface area contributed by atoms with Crippen LogP contribution < -0.4 is 16.2 Å². The van der Waals surface area contributed by atoms with Crippen LogP contribution in [0.15, 0.2) is 11.2 Å². The van der Waals surface area contributed by atoms with Crippen molar-refractivity contribution in [3.63, 3.8) is 0 Å². The summed E-state index contributed by atoms with van der Waals surface area (Å²) in [5, 5.41) is 0.737. The summed E-state index contributed by atoms with van der Waals surface area (Å²) in [7, 11) is 4.26. The molecule has 6 nitrogen and oxygen atoms in total. The molecule has 1 saturated heterocycles. The molecule has 1 aromatic heterocycles. The second-order valence-electron chi connectivity index (χ2n) is 4.91. The molecule has 1 atom stereocenters. The molecule has 1 aliphatic heterocycles. The largest absolute Gasteiger partial charge is 0.355 e. The Hall–Kier alpha value is -1.05. The first-order valence-corrected chi connectivity index (χ1v) is 7.67. The van der Waals surface area contributed by atoms with E-state index in [4.69, 9.17) is 5.84 Å². The molecule has 1 fully saturated rings. The van der Waals surface area contributed by atoms with Gasteiger partial charge >= 0.3 is 0 Å². The molecule has 0 amide bonds. The molecule has 2 heterocycles. The topological polar surface area (TPSA) is 70.3 Å². The van der Waals surface area contributed by atoms with Crippen LogP contribution >= 0.6 is 11.8 Å². The van der Waals surface area contributed by atoms with Crippen molar-refractivity contribution in [2.45, 2.75) is 24.0 Å². The van der Waals surface area contributed by atoms with Gasteiger partial charge in [0.05, 0.1) is 0 Å². The summed E-state index contributed by atoms with van der Waals surface area (Å²) >= 11 is 1.52. The highest BCUT2D eigenvalue weighted by molar-refractivity contribution is 7.98. The quantitative estimate of drug-likeness (QED) is 0.370. The van der Waals surface area contributed by atoms with Crippen molar-refractivity contribution < 1.29 is 0 Å². The third-order valence-corrected chi connectivity index (χ3v) is 4.08. The summed E-state index contributed by atoms with van der Waals surface area (Å²) in [5.74, 6) is 7.05. The molecular formula is C12H22N6S. The van der Waals surface area contributed by atoms with Crippen molar-refractivity contribution >= 4 is 23.4 Å². The third kappa shape index (κ3) is 3.49. The van der Waals surface area contributed by atoms with Crippen molar-refractivity contribution in [2.75, 3.05) is 43.8 Å². The van der Waals surface area contributed by atoms with E-state index < -0.39 is 0 Å². The van der Waals surface area contributed by atoms with E-state index in [2.05, 4.69) is 39.3 Å². The van der Waals surface area contributed by atoms with Crippen molar-refractivity contribution in [2.24, 2.45) is 5.84 Å². The first-order chi connectivity index (χ1) is 9.13. The van der Waals surface area contributed by atoms with Crippen LogP contribution in [0.1, 0.15) is 12.8 Å². The second-order valence-corrected chi connectivity index (χ2v) is 5.69. The van der Waals surface area contributed by atoms with Gasteiger partial charge in [0.1, 0.15) is 11.6 Å². The monoisotopic (exact) mass is 282 g/mol. The van der Waals surface area contributed by atoms with Gasteiger partial charge in [0.15, 0.2) is 5.16 Å². The number of nitrogens with one attached hydrogen (secondary N) is 1. The van der Waals surface area contributed by atoms with E-state index in [1.807, 2.05) is 12.3 Å². The van der Waals surface area contributed by atoms with Crippen LogP contribution in [0.5, 0.6) is 0 Å². The fourth-order valence-electron chi connectivity index (χ4n) is 2.40. The number of piperidine rings is 1. The first kappa shape index (κ1) is 14.4. The number of hydrazine groups is 1. The van der Waals surface area contributed by atoms with Gasteiger partial charge in [-0.05, 0) is 32.7 Å². The molecule has 0 aromatic carbocycles. The summed E-state index contributed by atoms with van der Waals surface area (Å²) in [4.78, 5) is 13.5. The number of anilines is 2. The van der Waals surface area contributed by atoms with Gasteiger partial charge in [-0.25, -0.2) is 15.8 Å². The van der Waals surface area contributed by atoms with E-state index in [0.717, 1.165) is 17.5 Å². The van der Waals surface area contributed by atoms with Crippen molar-refractivity contribution in [3.05, 3.63) is 6.07 Å². The fourth-order valence-corrected chi connectivity index (χ4v) is 2.78. The molecule has 0 spiro atoms. The maximum Gasteiger partial charge on any atom is 0.191 e. The van der Waals surface area contributed by atoms with Crippen LogP contribution in [-0.2, 0) is 0 Å². The van der Waals surface area contributed by atoms with Crippen LogP contribution in [0, 0.1) is 0 Å². The average molecular weight is 282 g/mol. The smallest absolute Gasteiger partial charge is 0.191 e. The number of rotatable bonds is 4. The molecule has 1 unspecified atom stereocenters. The Morgan fingerprint density at radius 1 is 1.53 bits per heavy atom. The lowest BCUT2D eigenvalue weighted by atomic mass is 10.1. The SMILES string of the molecule is CSc1nc(NN)cc(N(C)C2CCCN(C)C2)n1. The minimum atomic E-state index is 0.494. The molecule has 0 saturated carbocycles. The summed E-state index contributed by atoms with van der Waals surface area (Å²) < 4.78 is 0. The highest BCUT2D eigenvalue weighted by Gasteiger charge is 2.22. The highest BCUT2D eigenvalue weighted by Crippen LogP contribution is 2.23. The number of hydrogen-bond donors (Lipinski definition) is 2. The predicted molar refractivity (Wildman–Crippen MR) is 80.5 cm³/mol. The first-order valence-electron chi connectivity index (χ1n) is 6.45. The van der Waals surface area contributed by atoms with Gasteiger partial charge in [-0.15, -0.1) is 0 Å². The van der Waals surface area contributed by atoms with Crippen molar-refractivity contribution in [1.82, 2.24) is 14.9 Å². The lowest BCUT2D eigenvalue weighted by Crippen LogP contribution is -2.45. The third-order valence-electron chi connectivity index (χ3n) is 3.53. The molecule has 7 heteroatoms. The van der Waals surface area contributed by atoms with Crippen LogP contribution in [0.4, 0.5) is 11.6 Å². The Morgan fingerprint density at radius 3 is 2.95 bits per heavy atom. The Morgan fingerprint density at radius 2 is 2.32 bits per heavy atom. The number of likely N-dealkylation sites (N-methyl/N-ethyl adjacent to an activating group) is 2. The Balaban J connectivity index is 2.19. The number of aromatic nitrogens is 2. The molecule has 0 bridgehead atoms. The summed E-state index contributed by atoms with van der Waals surface area (Å²) in [6.45, 7) is 2.25. The van der Waals surface area contributed by atoms with Gasteiger partial charge in [0.25, 0.3) is 0 Å². The van der Waals surface area contributed by atoms with Crippen LogP contribution in [-0.4, -0.2) is 54.4 Å². The molecule has 0 radical (unpaired) electrons. The number of nitrogens with zero attached hydrogens (tertiary/aromatic N) is 4. The molecule has 0 aliphatic carbocycles. The molecule has 2 rings (SSSR count). The normalized spacial score (nSPS) is 20.3. The summed E-state index contributed by atoms with van der Waals surface area (Å²) in [6, 6.07) is 2.39. The highest BCUT2D eigenvalue weighted by atomic mass is 32.2. The van der Waals surface area contributed by atoms with E-state index in [0.29, 0.717) is 11.9 Å². The van der Waals surface area contributed by atoms with Gasteiger partial charge in [-0.1, -0.05) is 11.8 Å². The summed E-state index contributed by atoms with van der Waals surface area (Å²) in [5.41, 5.74) is 2.61. The van der Waals surface area contributed by atoms with Gasteiger partial charge in [-0.3, -0.25) is 0 Å². The minimum absolute atomic E-state index is 0.494. The minimum Gasteiger partial charge on any atom is -0.355 e. The van der Waals surface area contributed by atoms with Gasteiger partial charge in [-0.2, -0.15) is 0 Å². The van der Waals surface area contributed by atoms with Crippen LogP contribution in [0.3, 0.4) is 0 Å². The molecule has 106 valence electrons. The molecule has 19 heavy (non-hydrogen) atoms. The lowest BCUT2D eigenvalue weighted by Gasteiger charge is -2.36. The number of nitrogen functional groups attached to an aromatic ring is 1. The van der Waals surface area contributed by atoms with Gasteiger partial charge in [0, 0.05) is 25.7 Å². The van der Waals surface area contributed by atoms with E-state index >= 15 is 0 Å². The van der Waals surface area contributed by atoms with Crippen LogP contribution in [0.2, 0.25) is 0 Å². The van der Waals surface area contributed by atoms with Gasteiger partial charge < -0.3 is 15.2 Å². The van der Waals surface area contributed by atoms with E-state index in [1.54, 1.807) is 0 Å². The number of thioether (sulfide) groups is 1. The van der Waals surface area contributed by atoms with E-state index in [1.165, 1.54) is 31.1 Å². The Labute approximate surface area is 118 Å². The van der Waals surface area contributed by atoms with Crippen molar-refractivity contribution in [1.29, 1.82) is 0 Å². The molecule has 1 aliphatic rings. The molecular weight excluding hydrogens is 260 g/mol. The zero-order chi connectivity index (χ0) is 13.8. The van der Waals surface area contributed by atoms with Gasteiger partial charge in [0.2, 0.25) is 0 Å². The number of hydrogen-bond acceptors (Lipinski definition) is 7. The molecule has 3 N–H and O–H groups in total. The zero-order valence-corrected chi connectivity index (χ0v) is 12.6. The lowest BCUT2D eigenvalue weighted by molar-refractivity contribution is 0.247. The Kier molecular flexibility index (Phi) is 4.84. The standard InChI is InChI=1S/C12H22N6S/c1-17-6-4-5-9(8-17)18(2)11-7-10(16-13)14-12(15-11)19-3/h7,9H,4-6,8,13H2,1-3H3,(H,14,15,16). The Bertz CT molecular complexity index is 404. The van der Waals surface area contributed by atoms with E-state index in [-0.39, 0.29) is 0 Å². The zero-order valence-electron chi connectivity index (χ0n) is 11.8. The number of likely N-dealkylation sites (tertiary alicyclic amines) is 1. The predicted octanol–water partition coefficient (Wildman–Crippen LogP) is 1.01. The maximum atomic E-state index is 5.47.